The van der Waals surface area contributed by atoms with Gasteiger partial charge in [-0.25, -0.2) is 9.78 Å². The number of nitrogens with zero attached hydrogens (tertiary/aromatic N) is 2. The number of pyridine rings is 1. The van der Waals surface area contributed by atoms with Crippen molar-refractivity contribution >= 4 is 23.7 Å². The highest BCUT2D eigenvalue weighted by Crippen LogP contribution is 2.42. The van der Waals surface area contributed by atoms with Gasteiger partial charge >= 0.3 is 6.09 Å². The van der Waals surface area contributed by atoms with Gasteiger partial charge in [0.15, 0.2) is 0 Å². The average molecular weight is 509 g/mol. The maximum Gasteiger partial charge on any atom is 0.408 e. The number of alkyl carbamates (subject to hydrolysis) is 1. The molecule has 1 fully saturated rings. The van der Waals surface area contributed by atoms with Crippen molar-refractivity contribution in [1.29, 1.82) is 0 Å². The Bertz CT molecular complexity index is 1510. The summed E-state index contributed by atoms with van der Waals surface area (Å²) in [6.45, 7) is 5.60. The Morgan fingerprint density at radius 2 is 1.71 bits per heavy atom. The summed E-state index contributed by atoms with van der Waals surface area (Å²) in [5.74, 6) is -0.495. The van der Waals surface area contributed by atoms with Crippen LogP contribution < -0.4 is 11.1 Å². The van der Waals surface area contributed by atoms with Gasteiger partial charge in [0.05, 0.1) is 16.9 Å². The van der Waals surface area contributed by atoms with Crippen molar-refractivity contribution in [3.05, 3.63) is 90.1 Å². The Kier molecular flexibility index (Phi) is 6.53. The van der Waals surface area contributed by atoms with Gasteiger partial charge in [-0.05, 0) is 69.4 Å². The minimum absolute atomic E-state index is 0.394. The van der Waals surface area contributed by atoms with Gasteiger partial charge in [-0.15, -0.1) is 0 Å². The van der Waals surface area contributed by atoms with E-state index < -0.39 is 23.1 Å². The number of nitrogens with one attached hydrogen (secondary N) is 1. The summed E-state index contributed by atoms with van der Waals surface area (Å²) in [7, 11) is 0. The van der Waals surface area contributed by atoms with Gasteiger partial charge in [0, 0.05) is 23.4 Å². The highest BCUT2D eigenvalue weighted by Gasteiger charge is 2.41. The number of nitrogens with two attached hydrogens (primary N) is 1. The molecule has 7 heteroatoms. The largest absolute Gasteiger partial charge is 0.444 e. The fraction of sp³-hybridized carbons (Fsp3) is 0.258. The summed E-state index contributed by atoms with van der Waals surface area (Å²) in [6, 6.07) is 22.2. The third-order valence-corrected chi connectivity index (χ3v) is 6.79. The molecule has 5 rings (SSSR count). The number of carbonyl (C=O) groups is 2. The van der Waals surface area contributed by atoms with Crippen molar-refractivity contribution in [2.75, 3.05) is 0 Å². The molecule has 4 aromatic rings. The summed E-state index contributed by atoms with van der Waals surface area (Å²) < 4.78 is 7.57. The van der Waals surface area contributed by atoms with Crippen LogP contribution in [0.25, 0.3) is 34.2 Å². The average Bonchev–Trinajstić information content (AvgIpc) is 3.23. The third-order valence-electron chi connectivity index (χ3n) is 6.79. The SMILES string of the molecule is CC(C)(C)OC(=O)NC1(c2ccc(-c3nc4ccc(C=CC(N)=O)cn4c3-c3ccccc3)cc2)CCC1. The molecule has 0 spiro atoms. The van der Waals surface area contributed by atoms with E-state index in [1.54, 1.807) is 6.08 Å². The van der Waals surface area contributed by atoms with E-state index in [2.05, 4.69) is 41.7 Å². The topological polar surface area (TPSA) is 98.7 Å². The summed E-state index contributed by atoms with van der Waals surface area (Å²) in [6.07, 6.45) is 7.40. The highest BCUT2D eigenvalue weighted by molar-refractivity contribution is 5.90. The Labute approximate surface area is 222 Å². The minimum Gasteiger partial charge on any atom is -0.444 e. The van der Waals surface area contributed by atoms with Crippen LogP contribution in [0.3, 0.4) is 0 Å². The first-order valence-corrected chi connectivity index (χ1v) is 12.8. The van der Waals surface area contributed by atoms with Gasteiger partial charge in [-0.1, -0.05) is 54.6 Å². The number of rotatable bonds is 6. The predicted octanol–water partition coefficient (Wildman–Crippen LogP) is 6.07. The molecule has 194 valence electrons. The standard InChI is InChI=1S/C31H32N4O3/c1-30(2,3)38-29(37)34-31(18-7-19-31)24-14-12-22(13-15-24)27-28(23-8-5-4-6-9-23)35-20-21(10-16-25(32)36)11-17-26(35)33-27/h4-6,8-17,20H,7,18-19H2,1-3H3,(H2,32,36)(H,34,37). The Morgan fingerprint density at radius 1 is 1.00 bits per heavy atom. The van der Waals surface area contributed by atoms with Gasteiger partial charge in [-0.3, -0.25) is 9.20 Å². The van der Waals surface area contributed by atoms with Crippen LogP contribution in [0.15, 0.2) is 79.0 Å². The van der Waals surface area contributed by atoms with Crippen LogP contribution in [0.1, 0.15) is 51.2 Å². The number of ether oxygens (including phenoxy) is 1. The number of benzene rings is 2. The summed E-state index contributed by atoms with van der Waals surface area (Å²) >= 11 is 0. The zero-order valence-corrected chi connectivity index (χ0v) is 21.9. The van der Waals surface area contributed by atoms with Crippen LogP contribution in [0, 0.1) is 0 Å². The Balaban J connectivity index is 1.53. The molecule has 2 amide bonds. The summed E-state index contributed by atoms with van der Waals surface area (Å²) in [5, 5.41) is 3.13. The van der Waals surface area contributed by atoms with Crippen molar-refractivity contribution in [1.82, 2.24) is 14.7 Å². The summed E-state index contributed by atoms with van der Waals surface area (Å²) in [5.41, 5.74) is 10.8. The fourth-order valence-electron chi connectivity index (χ4n) is 4.87. The Hall–Kier alpha value is -4.39. The molecular formula is C31H32N4O3. The molecule has 1 saturated carbocycles. The number of carbonyl (C=O) groups excluding carboxylic acids is 2. The molecule has 0 aliphatic heterocycles. The van der Waals surface area contributed by atoms with E-state index in [9.17, 15) is 9.59 Å². The summed E-state index contributed by atoms with van der Waals surface area (Å²) in [4.78, 5) is 28.8. The second-order valence-electron chi connectivity index (χ2n) is 10.7. The van der Waals surface area contributed by atoms with Gasteiger partial charge < -0.3 is 15.8 Å². The quantitative estimate of drug-likeness (QED) is 0.309. The highest BCUT2D eigenvalue weighted by atomic mass is 16.6. The lowest BCUT2D eigenvalue weighted by molar-refractivity contribution is -0.113. The lowest BCUT2D eigenvalue weighted by Gasteiger charge is -2.43. The van der Waals surface area contributed by atoms with E-state index in [-0.39, 0.29) is 0 Å². The second kappa shape index (κ2) is 9.82. The first-order chi connectivity index (χ1) is 18.1. The van der Waals surface area contributed by atoms with Crippen molar-refractivity contribution in [2.45, 2.75) is 51.2 Å². The Morgan fingerprint density at radius 3 is 2.32 bits per heavy atom. The van der Waals surface area contributed by atoms with Gasteiger partial charge in [0.2, 0.25) is 5.91 Å². The molecule has 0 bridgehead atoms. The van der Waals surface area contributed by atoms with Crippen molar-refractivity contribution in [3.8, 4) is 22.5 Å². The molecule has 7 nitrogen and oxygen atoms in total. The van der Waals surface area contributed by atoms with Gasteiger partial charge in [-0.2, -0.15) is 0 Å². The van der Waals surface area contributed by atoms with Crippen LogP contribution in [-0.2, 0) is 15.1 Å². The third kappa shape index (κ3) is 5.18. The number of imidazole rings is 1. The first kappa shape index (κ1) is 25.3. The number of fused-ring (bicyclic) bond motifs is 1. The van der Waals surface area contributed by atoms with E-state index in [1.165, 1.54) is 6.08 Å². The molecule has 1 aliphatic rings. The van der Waals surface area contributed by atoms with Crippen LogP contribution in [0.4, 0.5) is 4.79 Å². The monoisotopic (exact) mass is 508 g/mol. The lowest BCUT2D eigenvalue weighted by atomic mass is 9.71. The van der Waals surface area contributed by atoms with Gasteiger partial charge in [0.25, 0.3) is 0 Å². The van der Waals surface area contributed by atoms with Crippen molar-refractivity contribution in [2.24, 2.45) is 5.73 Å². The molecule has 1 aliphatic carbocycles. The van der Waals surface area contributed by atoms with E-state index in [4.69, 9.17) is 15.5 Å². The number of hydrogen-bond acceptors (Lipinski definition) is 4. The first-order valence-electron chi connectivity index (χ1n) is 12.8. The van der Waals surface area contributed by atoms with Crippen LogP contribution in [0.5, 0.6) is 0 Å². The molecule has 3 N–H and O–H groups in total. The normalized spacial score (nSPS) is 14.8. The smallest absolute Gasteiger partial charge is 0.408 e. The van der Waals surface area contributed by atoms with Crippen LogP contribution in [0.2, 0.25) is 0 Å². The molecular weight excluding hydrogens is 476 g/mol. The predicted molar refractivity (Wildman–Crippen MR) is 149 cm³/mol. The fourth-order valence-corrected chi connectivity index (χ4v) is 4.87. The number of aromatic nitrogens is 2. The zero-order valence-electron chi connectivity index (χ0n) is 21.9. The van der Waals surface area contributed by atoms with Crippen molar-refractivity contribution in [3.63, 3.8) is 0 Å². The van der Waals surface area contributed by atoms with E-state index >= 15 is 0 Å². The minimum atomic E-state index is -0.550. The lowest BCUT2D eigenvalue weighted by Crippen LogP contribution is -2.52. The molecule has 0 saturated heterocycles. The molecule has 2 aromatic heterocycles. The zero-order chi connectivity index (χ0) is 26.9. The van der Waals surface area contributed by atoms with E-state index in [1.807, 2.05) is 61.7 Å². The molecule has 38 heavy (non-hydrogen) atoms. The molecule has 0 radical (unpaired) electrons. The van der Waals surface area contributed by atoms with E-state index in [0.29, 0.717) is 0 Å². The maximum atomic E-state index is 12.6. The van der Waals surface area contributed by atoms with E-state index in [0.717, 1.165) is 58.6 Å². The van der Waals surface area contributed by atoms with Crippen LogP contribution >= 0.6 is 0 Å². The number of amides is 2. The molecule has 2 heterocycles. The number of hydrogen-bond donors (Lipinski definition) is 2. The van der Waals surface area contributed by atoms with Crippen LogP contribution in [-0.4, -0.2) is 27.0 Å². The molecule has 2 aromatic carbocycles. The second-order valence-corrected chi connectivity index (χ2v) is 10.7. The molecule has 0 unspecified atom stereocenters. The van der Waals surface area contributed by atoms with Gasteiger partial charge in [0.1, 0.15) is 11.2 Å². The van der Waals surface area contributed by atoms with Crippen molar-refractivity contribution < 1.29 is 14.3 Å². The molecule has 0 atom stereocenters. The maximum absolute atomic E-state index is 12.6. The number of primary amides is 1.